The van der Waals surface area contributed by atoms with E-state index >= 15 is 0 Å². The highest BCUT2D eigenvalue weighted by Crippen LogP contribution is 2.14. The van der Waals surface area contributed by atoms with Crippen LogP contribution in [0, 0.1) is 0 Å². The topological polar surface area (TPSA) is 72.5 Å². The smallest absolute Gasteiger partial charge is 0.338 e. The van der Waals surface area contributed by atoms with Crippen molar-refractivity contribution in [2.45, 2.75) is 26.2 Å². The van der Waals surface area contributed by atoms with Crippen molar-refractivity contribution in [1.82, 2.24) is 0 Å². The predicted molar refractivity (Wildman–Crippen MR) is 93.5 cm³/mol. The molecule has 1 heterocycles. The van der Waals surface area contributed by atoms with Gasteiger partial charge in [-0.1, -0.05) is 6.07 Å². The molecule has 0 fully saturated rings. The summed E-state index contributed by atoms with van der Waals surface area (Å²) in [7, 11) is 0. The van der Waals surface area contributed by atoms with Crippen LogP contribution in [0.1, 0.15) is 46.2 Å². The van der Waals surface area contributed by atoms with E-state index in [1.165, 1.54) is 11.3 Å². The molecule has 5 nitrogen and oxygen atoms in total. The molecule has 0 aliphatic rings. The molecule has 24 heavy (non-hydrogen) atoms. The van der Waals surface area contributed by atoms with E-state index in [-0.39, 0.29) is 24.1 Å². The Morgan fingerprint density at radius 3 is 2.46 bits per heavy atom. The van der Waals surface area contributed by atoms with Gasteiger partial charge in [0.25, 0.3) is 0 Å². The third-order valence-electron chi connectivity index (χ3n) is 3.28. The lowest BCUT2D eigenvalue weighted by Gasteiger charge is -2.06. The van der Waals surface area contributed by atoms with Crippen LogP contribution in [-0.4, -0.2) is 24.3 Å². The van der Waals surface area contributed by atoms with Crippen LogP contribution >= 0.6 is 11.3 Å². The number of esters is 1. The average molecular weight is 345 g/mol. The molecule has 0 radical (unpaired) electrons. The fraction of sp³-hybridized carbons (Fsp3) is 0.278. The maximum absolute atomic E-state index is 11.9. The van der Waals surface area contributed by atoms with Crippen molar-refractivity contribution >= 4 is 34.7 Å². The van der Waals surface area contributed by atoms with Gasteiger partial charge in [0.15, 0.2) is 5.78 Å². The van der Waals surface area contributed by atoms with Crippen molar-refractivity contribution < 1.29 is 19.1 Å². The molecule has 1 N–H and O–H groups in total. The summed E-state index contributed by atoms with van der Waals surface area (Å²) in [4.78, 5) is 36.0. The Labute approximate surface area is 144 Å². The molecule has 126 valence electrons. The summed E-state index contributed by atoms with van der Waals surface area (Å²) in [6.45, 7) is 2.07. The molecule has 0 atom stereocenters. The van der Waals surface area contributed by atoms with Crippen LogP contribution < -0.4 is 5.32 Å². The number of thiophene rings is 1. The summed E-state index contributed by atoms with van der Waals surface area (Å²) in [6, 6.07) is 10.1. The Bertz CT molecular complexity index is 692. The van der Waals surface area contributed by atoms with Gasteiger partial charge in [-0.15, -0.1) is 11.3 Å². The first-order valence-corrected chi connectivity index (χ1v) is 8.62. The first-order chi connectivity index (χ1) is 11.6. The van der Waals surface area contributed by atoms with Crippen molar-refractivity contribution in [2.24, 2.45) is 0 Å². The molecule has 0 bridgehead atoms. The number of anilines is 1. The summed E-state index contributed by atoms with van der Waals surface area (Å²) in [5.41, 5.74) is 1.05. The number of ketones is 1. The van der Waals surface area contributed by atoms with Crippen molar-refractivity contribution in [3.05, 3.63) is 52.2 Å². The monoisotopic (exact) mass is 345 g/mol. The maximum atomic E-state index is 11.9. The van der Waals surface area contributed by atoms with E-state index in [2.05, 4.69) is 5.32 Å². The SMILES string of the molecule is CCOC(=O)c1ccc(NC(=O)CCCC(=O)c2cccs2)cc1. The van der Waals surface area contributed by atoms with E-state index < -0.39 is 0 Å². The lowest BCUT2D eigenvalue weighted by Crippen LogP contribution is -2.12. The van der Waals surface area contributed by atoms with Crippen LogP contribution in [0.3, 0.4) is 0 Å². The van der Waals surface area contributed by atoms with Gasteiger partial charge in [-0.2, -0.15) is 0 Å². The highest BCUT2D eigenvalue weighted by Gasteiger charge is 2.10. The largest absolute Gasteiger partial charge is 0.462 e. The number of rotatable bonds is 8. The normalized spacial score (nSPS) is 10.2. The Morgan fingerprint density at radius 1 is 1.08 bits per heavy atom. The molecule has 0 unspecified atom stereocenters. The zero-order chi connectivity index (χ0) is 17.4. The Hall–Kier alpha value is -2.47. The van der Waals surface area contributed by atoms with Crippen molar-refractivity contribution in [3.63, 3.8) is 0 Å². The highest BCUT2D eigenvalue weighted by atomic mass is 32.1. The second kappa shape index (κ2) is 8.98. The molecule has 1 amide bonds. The lowest BCUT2D eigenvalue weighted by atomic mass is 10.1. The van der Waals surface area contributed by atoms with E-state index in [1.807, 2.05) is 11.4 Å². The number of hydrogen-bond acceptors (Lipinski definition) is 5. The Kier molecular flexibility index (Phi) is 6.69. The first-order valence-electron chi connectivity index (χ1n) is 7.74. The number of carbonyl (C=O) groups excluding carboxylic acids is 3. The van der Waals surface area contributed by atoms with Gasteiger partial charge in [0.2, 0.25) is 5.91 Å². The summed E-state index contributed by atoms with van der Waals surface area (Å²) in [5.74, 6) is -0.475. The molecule has 2 aromatic rings. The molecule has 0 aliphatic carbocycles. The number of hydrogen-bond donors (Lipinski definition) is 1. The lowest BCUT2D eigenvalue weighted by molar-refractivity contribution is -0.116. The van der Waals surface area contributed by atoms with Gasteiger partial charge in [0.1, 0.15) is 0 Å². The van der Waals surface area contributed by atoms with Gasteiger partial charge in [0.05, 0.1) is 17.0 Å². The van der Waals surface area contributed by atoms with E-state index in [0.717, 1.165) is 4.88 Å². The number of benzene rings is 1. The number of carbonyl (C=O) groups is 3. The zero-order valence-electron chi connectivity index (χ0n) is 13.4. The van der Waals surface area contributed by atoms with Gasteiger partial charge in [-0.25, -0.2) is 4.79 Å². The van der Waals surface area contributed by atoms with Crippen LogP contribution in [0.4, 0.5) is 5.69 Å². The van der Waals surface area contributed by atoms with Crippen LogP contribution in [-0.2, 0) is 9.53 Å². The standard InChI is InChI=1S/C18H19NO4S/c1-2-23-18(22)13-8-10-14(11-9-13)19-17(21)7-3-5-15(20)16-6-4-12-24-16/h4,6,8-12H,2-3,5,7H2,1H3,(H,19,21). The third kappa shape index (κ3) is 5.31. The molecule has 1 aromatic heterocycles. The number of nitrogens with one attached hydrogen (secondary N) is 1. The van der Waals surface area contributed by atoms with E-state index in [1.54, 1.807) is 37.3 Å². The summed E-state index contributed by atoms with van der Waals surface area (Å²) >= 11 is 1.41. The quantitative estimate of drug-likeness (QED) is 0.581. The average Bonchev–Trinajstić information content (AvgIpc) is 3.10. The van der Waals surface area contributed by atoms with Gasteiger partial charge in [-0.05, 0) is 49.1 Å². The summed E-state index contributed by atoms with van der Waals surface area (Å²) < 4.78 is 4.90. The highest BCUT2D eigenvalue weighted by molar-refractivity contribution is 7.12. The molecular weight excluding hydrogens is 326 g/mol. The minimum Gasteiger partial charge on any atom is -0.462 e. The van der Waals surface area contributed by atoms with E-state index in [4.69, 9.17) is 4.74 Å². The first kappa shape index (κ1) is 17.9. The van der Waals surface area contributed by atoms with Crippen LogP contribution in [0.5, 0.6) is 0 Å². The second-order valence-electron chi connectivity index (χ2n) is 5.10. The minimum atomic E-state index is -0.387. The second-order valence-corrected chi connectivity index (χ2v) is 6.05. The third-order valence-corrected chi connectivity index (χ3v) is 4.19. The van der Waals surface area contributed by atoms with Crippen molar-refractivity contribution in [1.29, 1.82) is 0 Å². The van der Waals surface area contributed by atoms with E-state index in [0.29, 0.717) is 30.7 Å². The molecule has 2 rings (SSSR count). The minimum absolute atomic E-state index is 0.0663. The summed E-state index contributed by atoms with van der Waals surface area (Å²) in [5, 5.41) is 4.61. The van der Waals surface area contributed by atoms with Crippen molar-refractivity contribution in [3.8, 4) is 0 Å². The van der Waals surface area contributed by atoms with Crippen LogP contribution in [0.25, 0.3) is 0 Å². The molecule has 0 saturated carbocycles. The number of Topliss-reactive ketones (excluding diaryl/α,β-unsaturated/α-hetero) is 1. The maximum Gasteiger partial charge on any atom is 0.338 e. The van der Waals surface area contributed by atoms with Gasteiger partial charge in [0, 0.05) is 18.5 Å². The van der Waals surface area contributed by atoms with Gasteiger partial charge < -0.3 is 10.1 Å². The molecule has 0 spiro atoms. The van der Waals surface area contributed by atoms with E-state index in [9.17, 15) is 14.4 Å². The van der Waals surface area contributed by atoms with Crippen LogP contribution in [0.15, 0.2) is 41.8 Å². The van der Waals surface area contributed by atoms with Crippen LogP contribution in [0.2, 0.25) is 0 Å². The fourth-order valence-electron chi connectivity index (χ4n) is 2.10. The summed E-state index contributed by atoms with van der Waals surface area (Å²) in [6.07, 6.45) is 1.13. The molecule has 0 aliphatic heterocycles. The number of amides is 1. The molecule has 0 saturated heterocycles. The Balaban J connectivity index is 1.76. The molecular formula is C18H19NO4S. The Morgan fingerprint density at radius 2 is 1.83 bits per heavy atom. The zero-order valence-corrected chi connectivity index (χ0v) is 14.2. The van der Waals surface area contributed by atoms with Crippen molar-refractivity contribution in [2.75, 3.05) is 11.9 Å². The van der Waals surface area contributed by atoms with Gasteiger partial charge in [-0.3, -0.25) is 9.59 Å². The molecule has 6 heteroatoms. The van der Waals surface area contributed by atoms with Gasteiger partial charge >= 0.3 is 5.97 Å². The number of ether oxygens (including phenoxy) is 1. The predicted octanol–water partition coefficient (Wildman–Crippen LogP) is 3.92. The fourth-order valence-corrected chi connectivity index (χ4v) is 2.79. The molecule has 1 aromatic carbocycles.